The zero-order valence-electron chi connectivity index (χ0n) is 16.3. The summed E-state index contributed by atoms with van der Waals surface area (Å²) in [5.41, 5.74) is 3.02. The molecular formula is C22H20Cl2N3O3+. The summed E-state index contributed by atoms with van der Waals surface area (Å²) in [6.45, 7) is 1.09. The number of carbonyl (C=O) groups excluding carboxylic acids is 2. The molecular weight excluding hydrogens is 425 g/mol. The van der Waals surface area contributed by atoms with Crippen molar-refractivity contribution < 1.29 is 18.9 Å². The number of halogens is 2. The Kier molecular flexibility index (Phi) is 5.79. The minimum absolute atomic E-state index is 0.146. The lowest BCUT2D eigenvalue weighted by Crippen LogP contribution is -2.42. The second-order valence-electron chi connectivity index (χ2n) is 7.06. The Morgan fingerprint density at radius 3 is 2.60 bits per heavy atom. The number of benzene rings is 2. The molecule has 8 heteroatoms. The minimum Gasteiger partial charge on any atom is -0.465 e. The number of methoxy groups -OCH3 is 1. The van der Waals surface area contributed by atoms with Gasteiger partial charge in [0, 0.05) is 11.3 Å². The van der Waals surface area contributed by atoms with E-state index in [2.05, 4.69) is 14.6 Å². The van der Waals surface area contributed by atoms with E-state index in [9.17, 15) is 9.59 Å². The predicted molar refractivity (Wildman–Crippen MR) is 115 cm³/mol. The van der Waals surface area contributed by atoms with Crippen LogP contribution in [0, 0.1) is 0 Å². The first-order valence-electron chi connectivity index (χ1n) is 9.52. The second-order valence-corrected chi connectivity index (χ2v) is 7.87. The number of rotatable bonds is 5. The van der Waals surface area contributed by atoms with E-state index in [1.54, 1.807) is 30.3 Å². The summed E-state index contributed by atoms with van der Waals surface area (Å²) >= 11 is 12.2. The van der Waals surface area contributed by atoms with E-state index in [1.807, 2.05) is 22.9 Å². The van der Waals surface area contributed by atoms with Gasteiger partial charge in [-0.3, -0.25) is 4.79 Å². The molecule has 0 radical (unpaired) electrons. The number of aromatic nitrogens is 2. The molecule has 6 nitrogen and oxygen atoms in total. The third-order valence-corrected chi connectivity index (χ3v) is 5.85. The molecule has 0 saturated heterocycles. The highest BCUT2D eigenvalue weighted by Gasteiger charge is 2.29. The van der Waals surface area contributed by atoms with Crippen molar-refractivity contribution in [1.82, 2.24) is 4.57 Å². The fourth-order valence-corrected chi connectivity index (χ4v) is 3.99. The average Bonchev–Trinajstić information content (AvgIpc) is 3.34. The number of nitrogens with zero attached hydrogens (tertiary/aromatic N) is 2. The molecule has 0 unspecified atom stereocenters. The van der Waals surface area contributed by atoms with Gasteiger partial charge in [-0.15, -0.1) is 0 Å². The summed E-state index contributed by atoms with van der Waals surface area (Å²) in [5, 5.41) is 3.89. The van der Waals surface area contributed by atoms with Crippen molar-refractivity contribution in [2.75, 3.05) is 12.4 Å². The topological polar surface area (TPSA) is 64.2 Å². The van der Waals surface area contributed by atoms with Crippen molar-refractivity contribution >= 4 is 40.8 Å². The lowest BCUT2D eigenvalue weighted by atomic mass is 10.1. The zero-order valence-corrected chi connectivity index (χ0v) is 17.8. The van der Waals surface area contributed by atoms with Gasteiger partial charge in [-0.2, -0.15) is 0 Å². The number of nitrogens with one attached hydrogen (secondary N) is 1. The normalized spacial score (nSPS) is 12.5. The summed E-state index contributed by atoms with van der Waals surface area (Å²) in [7, 11) is 1.33. The summed E-state index contributed by atoms with van der Waals surface area (Å²) < 4.78 is 8.88. The maximum atomic E-state index is 12.6. The average molecular weight is 445 g/mol. The molecule has 0 saturated carbocycles. The Hall–Kier alpha value is -2.83. The van der Waals surface area contributed by atoms with Crippen molar-refractivity contribution in [2.24, 2.45) is 0 Å². The fraction of sp³-hybridized carbons (Fsp3) is 0.227. The maximum Gasteiger partial charge on any atom is 0.337 e. The quantitative estimate of drug-likeness (QED) is 0.475. The Balaban J connectivity index is 1.53. The Morgan fingerprint density at radius 2 is 1.90 bits per heavy atom. The molecule has 154 valence electrons. The van der Waals surface area contributed by atoms with Gasteiger partial charge in [0.2, 0.25) is 0 Å². The SMILES string of the molecule is COC(=O)c1ccc(NC(=O)C[n+]2cc(-c3ccc(Cl)c(Cl)c3)n3c2CCC3)cc1. The van der Waals surface area contributed by atoms with Crippen LogP contribution >= 0.6 is 23.2 Å². The summed E-state index contributed by atoms with van der Waals surface area (Å²) in [4.78, 5) is 24.2. The molecule has 4 rings (SSSR count). The highest BCUT2D eigenvalue weighted by molar-refractivity contribution is 6.42. The third-order valence-electron chi connectivity index (χ3n) is 5.11. The molecule has 0 atom stereocenters. The van der Waals surface area contributed by atoms with Gasteiger partial charge in [0.15, 0.2) is 12.2 Å². The van der Waals surface area contributed by atoms with E-state index < -0.39 is 5.97 Å². The molecule has 2 heterocycles. The largest absolute Gasteiger partial charge is 0.465 e. The van der Waals surface area contributed by atoms with Crippen LogP contribution in [0.1, 0.15) is 22.6 Å². The highest BCUT2D eigenvalue weighted by Crippen LogP contribution is 2.30. The molecule has 1 N–H and O–H groups in total. The van der Waals surface area contributed by atoms with Crippen LogP contribution in [0.4, 0.5) is 5.69 Å². The number of carbonyl (C=O) groups is 2. The molecule has 0 bridgehead atoms. The summed E-state index contributed by atoms with van der Waals surface area (Å²) in [6.07, 6.45) is 3.91. The van der Waals surface area contributed by atoms with Crippen LogP contribution in [-0.2, 0) is 29.0 Å². The molecule has 0 fully saturated rings. The molecule has 2 aromatic carbocycles. The number of hydrogen-bond donors (Lipinski definition) is 1. The zero-order chi connectivity index (χ0) is 21.3. The molecule has 1 aromatic heterocycles. The van der Waals surface area contributed by atoms with Crippen LogP contribution in [0.5, 0.6) is 0 Å². The number of hydrogen-bond acceptors (Lipinski definition) is 3. The van der Waals surface area contributed by atoms with Gasteiger partial charge in [0.1, 0.15) is 6.20 Å². The Bertz CT molecular complexity index is 1120. The molecule has 0 aliphatic carbocycles. The predicted octanol–water partition coefficient (Wildman–Crippen LogP) is 4.12. The van der Waals surface area contributed by atoms with Crippen LogP contribution in [0.25, 0.3) is 11.3 Å². The highest BCUT2D eigenvalue weighted by atomic mass is 35.5. The fourth-order valence-electron chi connectivity index (χ4n) is 3.69. The van der Waals surface area contributed by atoms with Crippen LogP contribution < -0.4 is 9.88 Å². The van der Waals surface area contributed by atoms with E-state index in [0.29, 0.717) is 21.3 Å². The van der Waals surface area contributed by atoms with Crippen LogP contribution in [0.15, 0.2) is 48.7 Å². The molecule has 1 amide bonds. The van der Waals surface area contributed by atoms with E-state index in [4.69, 9.17) is 23.2 Å². The van der Waals surface area contributed by atoms with E-state index >= 15 is 0 Å². The first-order chi connectivity index (χ1) is 14.5. The molecule has 3 aromatic rings. The molecule has 1 aliphatic heterocycles. The number of imidazole rings is 1. The Morgan fingerprint density at radius 1 is 1.13 bits per heavy atom. The van der Waals surface area contributed by atoms with E-state index in [1.165, 1.54) is 7.11 Å². The molecule has 30 heavy (non-hydrogen) atoms. The lowest BCUT2D eigenvalue weighted by molar-refractivity contribution is -0.690. The van der Waals surface area contributed by atoms with Crippen molar-refractivity contribution in [3.05, 3.63) is 70.1 Å². The van der Waals surface area contributed by atoms with Gasteiger partial charge in [0.25, 0.3) is 11.7 Å². The van der Waals surface area contributed by atoms with Crippen molar-refractivity contribution in [1.29, 1.82) is 0 Å². The number of anilines is 1. The standard InChI is InChI=1S/C22H19Cl2N3O3/c1-30-22(29)14-4-7-16(8-5-14)25-20(28)13-26-12-19(27-10-2-3-21(26)27)15-6-9-17(23)18(24)11-15/h4-9,11-12H,2-3,10,13H2,1H3/p+1. The number of amides is 1. The second kappa shape index (κ2) is 8.50. The molecule has 0 spiro atoms. The van der Waals surface area contributed by atoms with Crippen molar-refractivity contribution in [3.63, 3.8) is 0 Å². The van der Waals surface area contributed by atoms with Gasteiger partial charge < -0.3 is 10.1 Å². The van der Waals surface area contributed by atoms with E-state index in [-0.39, 0.29) is 12.5 Å². The van der Waals surface area contributed by atoms with Crippen LogP contribution in [0.3, 0.4) is 0 Å². The minimum atomic E-state index is -0.414. The summed E-state index contributed by atoms with van der Waals surface area (Å²) in [5.74, 6) is 0.543. The van der Waals surface area contributed by atoms with Crippen LogP contribution in [-0.4, -0.2) is 23.6 Å². The van der Waals surface area contributed by atoms with Gasteiger partial charge >= 0.3 is 5.97 Å². The van der Waals surface area contributed by atoms with Gasteiger partial charge in [-0.05, 0) is 48.9 Å². The number of fused-ring (bicyclic) bond motifs is 1. The Labute approximate surface area is 184 Å². The van der Waals surface area contributed by atoms with Gasteiger partial charge in [0.05, 0.1) is 35.7 Å². The van der Waals surface area contributed by atoms with Gasteiger partial charge in [-0.25, -0.2) is 13.9 Å². The third kappa shape index (κ3) is 4.06. The first kappa shape index (κ1) is 20.4. The lowest BCUT2D eigenvalue weighted by Gasteiger charge is -2.05. The van der Waals surface area contributed by atoms with Crippen LogP contribution in [0.2, 0.25) is 10.0 Å². The summed E-state index contributed by atoms with van der Waals surface area (Å²) in [6, 6.07) is 12.2. The maximum absolute atomic E-state index is 12.6. The number of esters is 1. The monoisotopic (exact) mass is 444 g/mol. The van der Waals surface area contributed by atoms with E-state index in [0.717, 1.165) is 36.5 Å². The van der Waals surface area contributed by atoms with Gasteiger partial charge in [-0.1, -0.05) is 23.2 Å². The number of ether oxygens (including phenoxy) is 1. The van der Waals surface area contributed by atoms with Crippen molar-refractivity contribution in [3.8, 4) is 11.3 Å². The smallest absolute Gasteiger partial charge is 0.337 e. The first-order valence-corrected chi connectivity index (χ1v) is 10.3. The molecule has 1 aliphatic rings. The van der Waals surface area contributed by atoms with Crippen molar-refractivity contribution in [2.45, 2.75) is 25.9 Å².